The third-order valence-electron chi connectivity index (χ3n) is 5.55. The maximum atomic E-state index is 15.2. The lowest BCUT2D eigenvalue weighted by Crippen LogP contribution is -2.28. The molecular formula is C25H16ClF2N3O5S. The first kappa shape index (κ1) is 24.5. The van der Waals surface area contributed by atoms with E-state index in [1.165, 1.54) is 55.6 Å². The summed E-state index contributed by atoms with van der Waals surface area (Å²) in [4.78, 5) is 13.4. The molecule has 0 atom stereocenters. The molecule has 0 unspecified atom stereocenters. The number of nitrogens with one attached hydrogen (secondary N) is 1. The van der Waals surface area contributed by atoms with E-state index < -0.39 is 32.1 Å². The third kappa shape index (κ3) is 4.43. The number of pyridine rings is 1. The van der Waals surface area contributed by atoms with Crippen molar-refractivity contribution in [3.05, 3.63) is 100 Å². The highest BCUT2D eigenvalue weighted by Gasteiger charge is 2.34. The van der Waals surface area contributed by atoms with Gasteiger partial charge in [0.1, 0.15) is 34.2 Å². The van der Waals surface area contributed by atoms with E-state index in [0.29, 0.717) is 11.1 Å². The van der Waals surface area contributed by atoms with Crippen LogP contribution >= 0.6 is 11.6 Å². The summed E-state index contributed by atoms with van der Waals surface area (Å²) in [7, 11) is -3.39. The molecule has 37 heavy (non-hydrogen) atoms. The van der Waals surface area contributed by atoms with Crippen LogP contribution in [-0.2, 0) is 10.0 Å². The predicted octanol–water partition coefficient (Wildman–Crippen LogP) is 5.65. The van der Waals surface area contributed by atoms with Crippen LogP contribution in [0.5, 0.6) is 5.75 Å². The Morgan fingerprint density at radius 2 is 1.86 bits per heavy atom. The molecule has 5 aromatic rings. The van der Waals surface area contributed by atoms with Crippen molar-refractivity contribution in [3.8, 4) is 16.9 Å². The maximum Gasteiger partial charge on any atom is 0.273 e. The van der Waals surface area contributed by atoms with Crippen LogP contribution in [0.2, 0.25) is 5.02 Å². The first-order valence-electron chi connectivity index (χ1n) is 10.6. The number of anilines is 2. The summed E-state index contributed by atoms with van der Waals surface area (Å²) < 4.78 is 67.9. The van der Waals surface area contributed by atoms with Crippen LogP contribution in [0.4, 0.5) is 20.3 Å². The highest BCUT2D eigenvalue weighted by molar-refractivity contribution is 7.93. The largest absolute Gasteiger partial charge is 0.495 e. The van der Waals surface area contributed by atoms with Crippen LogP contribution < -0.4 is 14.6 Å². The molecule has 0 saturated carbocycles. The van der Waals surface area contributed by atoms with Crippen molar-refractivity contribution in [2.75, 3.05) is 11.4 Å². The molecule has 0 amide bonds. The van der Waals surface area contributed by atoms with E-state index >= 15 is 4.39 Å². The van der Waals surface area contributed by atoms with Gasteiger partial charge < -0.3 is 14.2 Å². The fourth-order valence-corrected chi connectivity index (χ4v) is 5.67. The minimum absolute atomic E-state index is 0.0285. The maximum absolute atomic E-state index is 15.2. The van der Waals surface area contributed by atoms with E-state index in [2.05, 4.69) is 10.1 Å². The van der Waals surface area contributed by atoms with Crippen LogP contribution in [0, 0.1) is 11.6 Å². The number of hydrogen-bond acceptors (Lipinski definition) is 6. The minimum atomic E-state index is -4.70. The number of hydrogen-bond donors (Lipinski definition) is 1. The van der Waals surface area contributed by atoms with E-state index in [4.69, 9.17) is 20.9 Å². The van der Waals surface area contributed by atoms with Gasteiger partial charge >= 0.3 is 0 Å². The fourth-order valence-electron chi connectivity index (χ4n) is 3.88. The van der Waals surface area contributed by atoms with Crippen LogP contribution in [0.25, 0.3) is 22.0 Å². The normalized spacial score (nSPS) is 11.6. The van der Waals surface area contributed by atoms with Crippen molar-refractivity contribution in [1.82, 2.24) is 10.1 Å². The van der Waals surface area contributed by atoms with Gasteiger partial charge in [0.2, 0.25) is 5.56 Å². The zero-order valence-electron chi connectivity index (χ0n) is 18.9. The summed E-state index contributed by atoms with van der Waals surface area (Å²) in [5.74, 6) is -1.77. The topological polar surface area (TPSA) is 106 Å². The number of nitrogens with zero attached hydrogens (tertiary/aromatic N) is 2. The Labute approximate surface area is 213 Å². The van der Waals surface area contributed by atoms with Crippen LogP contribution in [0.1, 0.15) is 0 Å². The molecule has 0 aliphatic carbocycles. The van der Waals surface area contributed by atoms with Crippen molar-refractivity contribution in [2.45, 2.75) is 4.90 Å². The van der Waals surface area contributed by atoms with E-state index in [1.807, 2.05) is 0 Å². The van der Waals surface area contributed by atoms with Gasteiger partial charge in [0.25, 0.3) is 10.0 Å². The highest BCUT2D eigenvalue weighted by atomic mass is 35.5. The van der Waals surface area contributed by atoms with Gasteiger partial charge in [0.05, 0.1) is 17.6 Å². The van der Waals surface area contributed by atoms with Gasteiger partial charge in [-0.15, -0.1) is 0 Å². The summed E-state index contributed by atoms with van der Waals surface area (Å²) >= 11 is 6.52. The SMILES string of the molecule is COc1cc(-c2cccc(F)c2)c(Cl)cc1N(c1ccon1)S(=O)(=O)c1cc2ccc(=O)[nH]c2cc1F. The Hall–Kier alpha value is -4.22. The van der Waals surface area contributed by atoms with Gasteiger partial charge in [0, 0.05) is 17.7 Å². The second-order valence-electron chi connectivity index (χ2n) is 7.83. The molecule has 2 aromatic heterocycles. The average molecular weight is 544 g/mol. The monoisotopic (exact) mass is 543 g/mol. The molecule has 0 radical (unpaired) electrons. The molecule has 0 bridgehead atoms. The third-order valence-corrected chi connectivity index (χ3v) is 7.60. The van der Waals surface area contributed by atoms with Crippen molar-refractivity contribution in [3.63, 3.8) is 0 Å². The minimum Gasteiger partial charge on any atom is -0.495 e. The summed E-state index contributed by atoms with van der Waals surface area (Å²) in [6.45, 7) is 0. The summed E-state index contributed by atoms with van der Waals surface area (Å²) in [6, 6.07) is 14.3. The standard InChI is InChI=1S/C25H16ClF2N3O5S/c1-35-22-11-17(14-3-2-4-16(27)9-14)18(26)12-21(22)31(24-7-8-36-30-24)37(33,34)23-10-15-5-6-25(32)29-20(15)13-19(23)28/h2-13H,1H3,(H,29,32). The number of aromatic nitrogens is 2. The zero-order valence-corrected chi connectivity index (χ0v) is 20.5. The molecule has 0 aliphatic rings. The van der Waals surface area contributed by atoms with Gasteiger partial charge in [0.15, 0.2) is 5.82 Å². The number of fused-ring (bicyclic) bond motifs is 1. The Kier molecular flexibility index (Phi) is 6.18. The summed E-state index contributed by atoms with van der Waals surface area (Å²) in [5.41, 5.74) is 0.365. The molecule has 12 heteroatoms. The fraction of sp³-hybridized carbons (Fsp3) is 0.0400. The molecular weight excluding hydrogens is 528 g/mol. The second-order valence-corrected chi connectivity index (χ2v) is 10.00. The average Bonchev–Trinajstić information content (AvgIpc) is 3.37. The molecule has 188 valence electrons. The lowest BCUT2D eigenvalue weighted by atomic mass is 10.0. The van der Waals surface area contributed by atoms with E-state index in [9.17, 15) is 17.6 Å². The number of H-pyrrole nitrogens is 1. The van der Waals surface area contributed by atoms with Crippen LogP contribution in [-0.4, -0.2) is 25.7 Å². The van der Waals surface area contributed by atoms with Gasteiger partial charge in [-0.1, -0.05) is 28.9 Å². The van der Waals surface area contributed by atoms with Crippen molar-refractivity contribution >= 4 is 44.0 Å². The van der Waals surface area contributed by atoms with Crippen molar-refractivity contribution in [1.29, 1.82) is 0 Å². The molecule has 8 nitrogen and oxygen atoms in total. The molecule has 2 heterocycles. The smallest absolute Gasteiger partial charge is 0.273 e. The zero-order chi connectivity index (χ0) is 26.3. The Morgan fingerprint density at radius 1 is 1.05 bits per heavy atom. The molecule has 0 spiro atoms. The molecule has 1 N–H and O–H groups in total. The summed E-state index contributed by atoms with van der Waals surface area (Å²) in [6.07, 6.45) is 1.15. The van der Waals surface area contributed by atoms with Crippen molar-refractivity contribution < 1.29 is 26.5 Å². The Bertz CT molecular complexity index is 1810. The van der Waals surface area contributed by atoms with Gasteiger partial charge in [-0.05, 0) is 53.4 Å². The van der Waals surface area contributed by atoms with Crippen LogP contribution in [0.3, 0.4) is 0 Å². The Morgan fingerprint density at radius 3 is 2.57 bits per heavy atom. The van der Waals surface area contributed by atoms with Crippen LogP contribution in [0.15, 0.2) is 87.2 Å². The van der Waals surface area contributed by atoms with Gasteiger partial charge in [-0.2, -0.15) is 0 Å². The van der Waals surface area contributed by atoms with E-state index in [1.54, 1.807) is 6.07 Å². The number of sulfonamides is 1. The molecule has 0 aliphatic heterocycles. The number of methoxy groups -OCH3 is 1. The quantitative estimate of drug-likeness (QED) is 0.297. The predicted molar refractivity (Wildman–Crippen MR) is 134 cm³/mol. The van der Waals surface area contributed by atoms with Gasteiger partial charge in [-0.3, -0.25) is 4.79 Å². The first-order valence-corrected chi connectivity index (χ1v) is 12.4. The number of ether oxygens (including phenoxy) is 1. The van der Waals surface area contributed by atoms with Crippen molar-refractivity contribution in [2.24, 2.45) is 0 Å². The second kappa shape index (κ2) is 9.34. The van der Waals surface area contributed by atoms with E-state index in [-0.39, 0.29) is 33.2 Å². The molecule has 5 rings (SSSR count). The first-order chi connectivity index (χ1) is 17.7. The molecule has 0 fully saturated rings. The number of rotatable bonds is 6. The molecule has 0 saturated heterocycles. The van der Waals surface area contributed by atoms with E-state index in [0.717, 1.165) is 22.7 Å². The number of benzene rings is 3. The Balaban J connectivity index is 1.73. The molecule has 3 aromatic carbocycles. The summed E-state index contributed by atoms with van der Waals surface area (Å²) in [5, 5.41) is 4.09. The lowest BCUT2D eigenvalue weighted by molar-refractivity contribution is 0.414. The van der Waals surface area contributed by atoms with Gasteiger partial charge in [-0.25, -0.2) is 21.5 Å². The highest BCUT2D eigenvalue weighted by Crippen LogP contribution is 2.44. The lowest BCUT2D eigenvalue weighted by Gasteiger charge is -2.25. The number of aromatic amines is 1. The number of halogens is 3.